The summed E-state index contributed by atoms with van der Waals surface area (Å²) in [4.78, 5) is 11.3. The summed E-state index contributed by atoms with van der Waals surface area (Å²) in [5, 5.41) is 0. The molecule has 0 N–H and O–H groups in total. The van der Waals surface area contributed by atoms with Crippen molar-refractivity contribution in [3.63, 3.8) is 0 Å². The third kappa shape index (κ3) is 6.70. The van der Waals surface area contributed by atoms with Gasteiger partial charge in [-0.2, -0.15) is 0 Å². The molecule has 82 valence electrons. The Bertz CT molecular complexity index is 187. The van der Waals surface area contributed by atoms with Crippen molar-refractivity contribution in [1.82, 2.24) is 0 Å². The zero-order valence-corrected chi connectivity index (χ0v) is 9.80. The predicted molar refractivity (Wildman–Crippen MR) is 58.8 cm³/mol. The zero-order valence-electron chi connectivity index (χ0n) is 9.80. The van der Waals surface area contributed by atoms with E-state index in [9.17, 15) is 4.79 Å². The summed E-state index contributed by atoms with van der Waals surface area (Å²) in [6, 6.07) is 0. The Labute approximate surface area is 87.3 Å². The molecule has 0 aliphatic heterocycles. The molecule has 0 unspecified atom stereocenters. The van der Waals surface area contributed by atoms with Gasteiger partial charge in [0.05, 0.1) is 11.7 Å². The van der Waals surface area contributed by atoms with Gasteiger partial charge in [-0.1, -0.05) is 19.8 Å². The minimum atomic E-state index is -0.409. The van der Waals surface area contributed by atoms with Gasteiger partial charge < -0.3 is 4.74 Å². The Morgan fingerprint density at radius 2 is 1.93 bits per heavy atom. The third-order valence-corrected chi connectivity index (χ3v) is 1.86. The number of allylic oxidation sites excluding steroid dienone is 1. The first-order chi connectivity index (χ1) is 6.48. The minimum Gasteiger partial charge on any atom is -0.434 e. The Balaban J connectivity index is 3.57. The molecular formula is C12H22O2. The van der Waals surface area contributed by atoms with Gasteiger partial charge in [-0.15, -0.1) is 0 Å². The summed E-state index contributed by atoms with van der Waals surface area (Å²) >= 11 is 0. The van der Waals surface area contributed by atoms with Gasteiger partial charge in [-0.25, -0.2) is 0 Å². The van der Waals surface area contributed by atoms with Crippen LogP contribution in [-0.4, -0.2) is 5.97 Å². The molecule has 2 heteroatoms. The van der Waals surface area contributed by atoms with Gasteiger partial charge in [-0.3, -0.25) is 4.79 Å². The third-order valence-electron chi connectivity index (χ3n) is 1.86. The topological polar surface area (TPSA) is 26.3 Å². The van der Waals surface area contributed by atoms with Gasteiger partial charge in [0, 0.05) is 0 Å². The first kappa shape index (κ1) is 13.2. The standard InChI is InChI=1S/C12H22O2/c1-5-6-7-8-9-10-14-11(13)12(2,3)4/h9-10H,5-8H2,1-4H3/b10-9+. The van der Waals surface area contributed by atoms with E-state index in [-0.39, 0.29) is 5.97 Å². The molecule has 2 nitrogen and oxygen atoms in total. The highest BCUT2D eigenvalue weighted by Crippen LogP contribution is 2.15. The van der Waals surface area contributed by atoms with E-state index >= 15 is 0 Å². The van der Waals surface area contributed by atoms with Gasteiger partial charge in [0.15, 0.2) is 0 Å². The van der Waals surface area contributed by atoms with Crippen LogP contribution in [-0.2, 0) is 9.53 Å². The Hall–Kier alpha value is -0.790. The average Bonchev–Trinajstić information content (AvgIpc) is 2.09. The van der Waals surface area contributed by atoms with Crippen molar-refractivity contribution < 1.29 is 9.53 Å². The molecule has 0 spiro atoms. The van der Waals surface area contributed by atoms with Crippen molar-refractivity contribution in [3.8, 4) is 0 Å². The molecule has 0 aromatic carbocycles. The van der Waals surface area contributed by atoms with Crippen molar-refractivity contribution in [1.29, 1.82) is 0 Å². The molecule has 0 rings (SSSR count). The van der Waals surface area contributed by atoms with Crippen molar-refractivity contribution in [2.75, 3.05) is 0 Å². The Morgan fingerprint density at radius 1 is 1.29 bits per heavy atom. The van der Waals surface area contributed by atoms with Crippen molar-refractivity contribution in [2.45, 2.75) is 53.4 Å². The summed E-state index contributed by atoms with van der Waals surface area (Å²) < 4.78 is 4.97. The van der Waals surface area contributed by atoms with Crippen molar-refractivity contribution in [3.05, 3.63) is 12.3 Å². The van der Waals surface area contributed by atoms with E-state index in [2.05, 4.69) is 6.92 Å². The largest absolute Gasteiger partial charge is 0.434 e. The van der Waals surface area contributed by atoms with E-state index in [0.717, 1.165) is 6.42 Å². The van der Waals surface area contributed by atoms with Crippen LogP contribution < -0.4 is 0 Å². The van der Waals surface area contributed by atoms with E-state index < -0.39 is 5.41 Å². The second-order valence-corrected chi connectivity index (χ2v) is 4.52. The maximum atomic E-state index is 11.3. The van der Waals surface area contributed by atoms with Crippen molar-refractivity contribution in [2.24, 2.45) is 5.41 Å². The highest BCUT2D eigenvalue weighted by atomic mass is 16.5. The van der Waals surface area contributed by atoms with E-state index in [1.54, 1.807) is 0 Å². The molecule has 0 fully saturated rings. The van der Waals surface area contributed by atoms with E-state index in [1.807, 2.05) is 26.8 Å². The number of carbonyl (C=O) groups excluding carboxylic acids is 1. The van der Waals surface area contributed by atoms with Crippen LogP contribution in [0.4, 0.5) is 0 Å². The second kappa shape index (κ2) is 6.63. The monoisotopic (exact) mass is 198 g/mol. The smallest absolute Gasteiger partial charge is 0.316 e. The van der Waals surface area contributed by atoms with Gasteiger partial charge in [0.2, 0.25) is 0 Å². The van der Waals surface area contributed by atoms with E-state index in [4.69, 9.17) is 4.74 Å². The van der Waals surface area contributed by atoms with Crippen LogP contribution in [0, 0.1) is 5.41 Å². The molecule has 0 saturated carbocycles. The molecule has 0 aliphatic rings. The number of carbonyl (C=O) groups is 1. The maximum absolute atomic E-state index is 11.3. The zero-order chi connectivity index (χ0) is 11.0. The van der Waals surface area contributed by atoms with Crippen LogP contribution in [0.5, 0.6) is 0 Å². The quantitative estimate of drug-likeness (QED) is 0.383. The summed E-state index contributed by atoms with van der Waals surface area (Å²) in [5.74, 6) is -0.177. The van der Waals surface area contributed by atoms with Crippen LogP contribution in [0.1, 0.15) is 53.4 Å². The van der Waals surface area contributed by atoms with Crippen LogP contribution in [0.25, 0.3) is 0 Å². The number of rotatable bonds is 5. The number of ether oxygens (including phenoxy) is 1. The molecule has 0 radical (unpaired) electrons. The predicted octanol–water partition coefficient (Wildman–Crippen LogP) is 3.67. The summed E-state index contributed by atoms with van der Waals surface area (Å²) in [6.07, 6.45) is 8.04. The number of hydrogen-bond acceptors (Lipinski definition) is 2. The number of unbranched alkanes of at least 4 members (excludes halogenated alkanes) is 3. The molecule has 0 amide bonds. The number of esters is 1. The molecule has 14 heavy (non-hydrogen) atoms. The molecule has 0 atom stereocenters. The first-order valence-electron chi connectivity index (χ1n) is 5.34. The first-order valence-corrected chi connectivity index (χ1v) is 5.34. The van der Waals surface area contributed by atoms with Gasteiger partial charge in [0.1, 0.15) is 0 Å². The van der Waals surface area contributed by atoms with Gasteiger partial charge in [-0.05, 0) is 39.7 Å². The molecule has 0 heterocycles. The Kier molecular flexibility index (Phi) is 6.26. The molecule has 0 saturated heterocycles. The maximum Gasteiger partial charge on any atom is 0.316 e. The number of hydrogen-bond donors (Lipinski definition) is 0. The van der Waals surface area contributed by atoms with Crippen LogP contribution in [0.3, 0.4) is 0 Å². The lowest BCUT2D eigenvalue weighted by molar-refractivity contribution is -0.146. The van der Waals surface area contributed by atoms with Gasteiger partial charge in [0.25, 0.3) is 0 Å². The Morgan fingerprint density at radius 3 is 2.43 bits per heavy atom. The molecule has 0 aromatic rings. The average molecular weight is 198 g/mol. The van der Waals surface area contributed by atoms with Crippen LogP contribution in [0.2, 0.25) is 0 Å². The highest BCUT2D eigenvalue weighted by Gasteiger charge is 2.21. The van der Waals surface area contributed by atoms with Crippen LogP contribution >= 0.6 is 0 Å². The normalized spacial score (nSPS) is 12.0. The fourth-order valence-electron chi connectivity index (χ4n) is 0.867. The summed E-state index contributed by atoms with van der Waals surface area (Å²) in [5.41, 5.74) is -0.409. The highest BCUT2D eigenvalue weighted by molar-refractivity contribution is 5.75. The molecule has 0 aliphatic carbocycles. The summed E-state index contributed by atoms with van der Waals surface area (Å²) in [7, 11) is 0. The lowest BCUT2D eigenvalue weighted by Gasteiger charge is -2.13. The second-order valence-electron chi connectivity index (χ2n) is 4.52. The van der Waals surface area contributed by atoms with Crippen molar-refractivity contribution >= 4 is 5.97 Å². The fraction of sp³-hybridized carbons (Fsp3) is 0.750. The summed E-state index contributed by atoms with van der Waals surface area (Å²) in [6.45, 7) is 7.71. The van der Waals surface area contributed by atoms with E-state index in [1.165, 1.54) is 25.5 Å². The fourth-order valence-corrected chi connectivity index (χ4v) is 0.867. The molecule has 0 aromatic heterocycles. The molecule has 0 bridgehead atoms. The van der Waals surface area contributed by atoms with Gasteiger partial charge >= 0.3 is 5.97 Å². The minimum absolute atomic E-state index is 0.177. The lowest BCUT2D eigenvalue weighted by Crippen LogP contribution is -2.20. The van der Waals surface area contributed by atoms with E-state index in [0.29, 0.717) is 0 Å². The van der Waals surface area contributed by atoms with Crippen LogP contribution in [0.15, 0.2) is 12.3 Å². The SMILES string of the molecule is CCCCC/C=C/OC(=O)C(C)(C)C. The molecular weight excluding hydrogens is 176 g/mol. The lowest BCUT2D eigenvalue weighted by atomic mass is 9.98.